The quantitative estimate of drug-likeness (QED) is 0.547. The van der Waals surface area contributed by atoms with Crippen LogP contribution in [0.25, 0.3) is 11.8 Å². The molecule has 0 aliphatic carbocycles. The third-order valence-corrected chi connectivity index (χ3v) is 6.63. The maximum Gasteiger partial charge on any atom is 0.283 e. The molecule has 3 aromatic rings. The highest BCUT2D eigenvalue weighted by molar-refractivity contribution is 8.26. The van der Waals surface area contributed by atoms with E-state index in [0.717, 1.165) is 33.2 Å². The Kier molecular flexibility index (Phi) is 5.34. The van der Waals surface area contributed by atoms with Crippen LogP contribution < -0.4 is 0 Å². The lowest BCUT2D eigenvalue weighted by molar-refractivity contribution is -0.114. The summed E-state index contributed by atoms with van der Waals surface area (Å²) in [5, 5.41) is 16.0. The molecule has 0 spiro atoms. The van der Waals surface area contributed by atoms with Gasteiger partial charge in [-0.05, 0) is 73.5 Å². The second-order valence-corrected chi connectivity index (χ2v) is 9.22. The van der Waals surface area contributed by atoms with Gasteiger partial charge in [0, 0.05) is 23.5 Å². The van der Waals surface area contributed by atoms with E-state index in [1.807, 2.05) is 56.3 Å². The zero-order valence-electron chi connectivity index (χ0n) is 18.7. The zero-order valence-corrected chi connectivity index (χ0v) is 19.5. The van der Waals surface area contributed by atoms with Crippen LogP contribution in [0.15, 0.2) is 76.3 Å². The van der Waals surface area contributed by atoms with Crippen molar-refractivity contribution >= 4 is 39.8 Å². The van der Waals surface area contributed by atoms with Gasteiger partial charge < -0.3 is 4.57 Å². The molecule has 0 radical (unpaired) electrons. The summed E-state index contributed by atoms with van der Waals surface area (Å²) in [6.07, 6.45) is 2.40. The molecule has 3 heterocycles. The van der Waals surface area contributed by atoms with E-state index >= 15 is 0 Å². The van der Waals surface area contributed by atoms with Crippen molar-refractivity contribution in [1.29, 1.82) is 5.41 Å². The molecular formula is C26H23N5OS. The average molecular weight is 454 g/mol. The van der Waals surface area contributed by atoms with Gasteiger partial charge in [-0.25, -0.2) is 0 Å². The number of hydrogen-bond acceptors (Lipinski definition) is 4. The number of aromatic nitrogens is 1. The van der Waals surface area contributed by atoms with Gasteiger partial charge in [-0.3, -0.25) is 10.2 Å². The molecule has 2 aromatic carbocycles. The van der Waals surface area contributed by atoms with Gasteiger partial charge in [0.15, 0.2) is 5.84 Å². The number of hydrogen-bond donors (Lipinski definition) is 1. The monoisotopic (exact) mass is 453 g/mol. The predicted molar refractivity (Wildman–Crippen MR) is 135 cm³/mol. The fraction of sp³-hybridized carbons (Fsp3) is 0.154. The molecule has 7 heteroatoms. The van der Waals surface area contributed by atoms with E-state index in [9.17, 15) is 4.79 Å². The minimum atomic E-state index is -0.407. The van der Waals surface area contributed by atoms with Crippen molar-refractivity contribution in [3.05, 3.63) is 94.3 Å². The van der Waals surface area contributed by atoms with Crippen molar-refractivity contribution in [3.63, 3.8) is 0 Å². The molecule has 6 nitrogen and oxygen atoms in total. The standard InChI is InChI=1S/C26H23N5OS/c1-16-8-7-11-21(12-16)30-17(2)13-20(18(30)3)15-22-24(27)31-26(28-25(22)32)33-23(29-31)14-19-9-5-4-6-10-19/h4-13,15,27H,14H2,1-3H3/b22-15+,27-24?. The van der Waals surface area contributed by atoms with Gasteiger partial charge >= 0.3 is 0 Å². The number of amides is 1. The van der Waals surface area contributed by atoms with E-state index in [0.29, 0.717) is 11.6 Å². The fourth-order valence-electron chi connectivity index (χ4n) is 4.13. The highest BCUT2D eigenvalue weighted by Gasteiger charge is 2.35. The summed E-state index contributed by atoms with van der Waals surface area (Å²) in [6.45, 7) is 6.13. The average Bonchev–Trinajstić information content (AvgIpc) is 3.31. The van der Waals surface area contributed by atoms with Crippen molar-refractivity contribution in [3.8, 4) is 5.69 Å². The third-order valence-electron chi connectivity index (χ3n) is 5.72. The van der Waals surface area contributed by atoms with Crippen LogP contribution in [-0.4, -0.2) is 31.5 Å². The first kappa shape index (κ1) is 21.2. The van der Waals surface area contributed by atoms with Gasteiger partial charge in [0.2, 0.25) is 5.17 Å². The highest BCUT2D eigenvalue weighted by Crippen LogP contribution is 2.31. The van der Waals surface area contributed by atoms with E-state index in [4.69, 9.17) is 5.41 Å². The van der Waals surface area contributed by atoms with Gasteiger partial charge in [-0.1, -0.05) is 42.5 Å². The van der Waals surface area contributed by atoms with Crippen molar-refractivity contribution in [2.45, 2.75) is 27.2 Å². The van der Waals surface area contributed by atoms with Crippen molar-refractivity contribution in [2.75, 3.05) is 0 Å². The second-order valence-electron chi connectivity index (χ2n) is 8.18. The lowest BCUT2D eigenvalue weighted by atomic mass is 10.1. The molecule has 2 aliphatic rings. The fourth-order valence-corrected chi connectivity index (χ4v) is 5.05. The van der Waals surface area contributed by atoms with Crippen LogP contribution in [0.3, 0.4) is 0 Å². The molecule has 1 amide bonds. The van der Waals surface area contributed by atoms with Crippen LogP contribution in [0.5, 0.6) is 0 Å². The molecule has 0 saturated carbocycles. The maximum absolute atomic E-state index is 12.8. The van der Waals surface area contributed by atoms with Gasteiger partial charge in [0.1, 0.15) is 5.04 Å². The molecule has 1 N–H and O–H groups in total. The number of carbonyl (C=O) groups excluding carboxylic acids is 1. The molecular weight excluding hydrogens is 430 g/mol. The number of carbonyl (C=O) groups is 1. The van der Waals surface area contributed by atoms with Gasteiger partial charge in [-0.2, -0.15) is 15.1 Å². The minimum Gasteiger partial charge on any atom is -0.318 e. The Morgan fingerprint density at radius 3 is 2.58 bits per heavy atom. The van der Waals surface area contributed by atoms with E-state index in [1.165, 1.54) is 22.3 Å². The number of amidine groups is 2. The summed E-state index contributed by atoms with van der Waals surface area (Å²) in [7, 11) is 0. The number of aliphatic imine (C=N–C) groups is 1. The van der Waals surface area contributed by atoms with E-state index in [1.54, 1.807) is 6.08 Å². The van der Waals surface area contributed by atoms with Crippen LogP contribution in [0.4, 0.5) is 0 Å². The zero-order chi connectivity index (χ0) is 23.1. The van der Waals surface area contributed by atoms with Gasteiger partial charge in [0.25, 0.3) is 5.91 Å². The van der Waals surface area contributed by atoms with E-state index in [2.05, 4.69) is 39.8 Å². The molecule has 33 heavy (non-hydrogen) atoms. The second kappa shape index (κ2) is 8.33. The maximum atomic E-state index is 12.8. The van der Waals surface area contributed by atoms with E-state index in [-0.39, 0.29) is 11.4 Å². The molecule has 5 rings (SSSR count). The molecule has 0 atom stereocenters. The molecule has 164 valence electrons. The topological polar surface area (TPSA) is 73.8 Å². The number of nitrogens with one attached hydrogen (secondary N) is 1. The van der Waals surface area contributed by atoms with Crippen LogP contribution >= 0.6 is 11.8 Å². The Balaban J connectivity index is 1.47. The number of aryl methyl sites for hydroxylation is 2. The van der Waals surface area contributed by atoms with Crippen LogP contribution in [0, 0.1) is 26.2 Å². The van der Waals surface area contributed by atoms with Crippen molar-refractivity contribution < 1.29 is 4.79 Å². The summed E-state index contributed by atoms with van der Waals surface area (Å²) in [4.78, 5) is 17.1. The summed E-state index contributed by atoms with van der Waals surface area (Å²) < 4.78 is 2.16. The molecule has 0 saturated heterocycles. The van der Waals surface area contributed by atoms with E-state index < -0.39 is 5.91 Å². The first-order valence-corrected chi connectivity index (χ1v) is 11.5. The normalized spacial score (nSPS) is 16.8. The Bertz CT molecular complexity index is 1380. The number of benzene rings is 2. The number of nitrogens with zero attached hydrogens (tertiary/aromatic N) is 4. The first-order chi connectivity index (χ1) is 15.9. The Morgan fingerprint density at radius 2 is 1.82 bits per heavy atom. The Morgan fingerprint density at radius 1 is 1.03 bits per heavy atom. The summed E-state index contributed by atoms with van der Waals surface area (Å²) >= 11 is 1.35. The molecule has 0 bridgehead atoms. The number of thioether (sulfide) groups is 1. The number of hydrazone groups is 1. The van der Waals surface area contributed by atoms with Gasteiger partial charge in [0.05, 0.1) is 5.57 Å². The van der Waals surface area contributed by atoms with Crippen LogP contribution in [0.1, 0.15) is 28.1 Å². The molecule has 0 unspecified atom stereocenters. The first-order valence-electron chi connectivity index (χ1n) is 10.7. The highest BCUT2D eigenvalue weighted by atomic mass is 32.2. The third kappa shape index (κ3) is 3.96. The molecule has 2 aliphatic heterocycles. The molecule has 1 aromatic heterocycles. The Hall–Kier alpha value is -3.71. The largest absolute Gasteiger partial charge is 0.318 e. The van der Waals surface area contributed by atoms with Crippen molar-refractivity contribution in [1.82, 2.24) is 9.58 Å². The summed E-state index contributed by atoms with van der Waals surface area (Å²) in [5.74, 6) is -0.351. The minimum absolute atomic E-state index is 0.0564. The lowest BCUT2D eigenvalue weighted by Gasteiger charge is -2.20. The number of fused-ring (bicyclic) bond motifs is 1. The summed E-state index contributed by atoms with van der Waals surface area (Å²) in [6, 6.07) is 20.4. The number of rotatable bonds is 4. The van der Waals surface area contributed by atoms with Crippen LogP contribution in [-0.2, 0) is 11.2 Å². The molecule has 0 fully saturated rings. The van der Waals surface area contributed by atoms with Crippen molar-refractivity contribution in [2.24, 2.45) is 10.1 Å². The van der Waals surface area contributed by atoms with Crippen LogP contribution in [0.2, 0.25) is 0 Å². The smallest absolute Gasteiger partial charge is 0.283 e. The Labute approximate surface area is 196 Å². The summed E-state index contributed by atoms with van der Waals surface area (Å²) in [5.41, 5.74) is 6.58. The SMILES string of the molecule is Cc1cccc(-n2c(C)cc(/C=C3\C(=N)N4N=C(Cc5ccccc5)SC4=NC3=O)c2C)c1. The van der Waals surface area contributed by atoms with Gasteiger partial charge in [-0.15, -0.1) is 0 Å². The predicted octanol–water partition coefficient (Wildman–Crippen LogP) is 5.26. The lowest BCUT2D eigenvalue weighted by Crippen LogP contribution is -2.35.